The molecule has 6 N–H and O–H groups in total. The molecule has 0 unspecified atom stereocenters. The van der Waals surface area contributed by atoms with Gasteiger partial charge in [0.2, 0.25) is 17.2 Å². The summed E-state index contributed by atoms with van der Waals surface area (Å²) >= 11 is 1.04. The Morgan fingerprint density at radius 3 is 2.14 bits per heavy atom. The van der Waals surface area contributed by atoms with Gasteiger partial charge in [0, 0.05) is 12.0 Å². The Balaban J connectivity index is 2.24. The predicted octanol–water partition coefficient (Wildman–Crippen LogP) is 2.48. The standard InChI is InChI=1S/C14H15NO6S/c1-21-6-7-3-2-4-8(5-7)22-15-9-10(16)12(18)14(20)13(19)11(9)17/h2-5,15-20H,6H2,1H3. The van der Waals surface area contributed by atoms with Crippen molar-refractivity contribution in [3.05, 3.63) is 29.8 Å². The van der Waals surface area contributed by atoms with E-state index in [2.05, 4.69) is 4.72 Å². The molecule has 0 saturated heterocycles. The number of benzene rings is 2. The van der Waals surface area contributed by atoms with E-state index in [9.17, 15) is 25.5 Å². The minimum atomic E-state index is -0.993. The van der Waals surface area contributed by atoms with Crippen LogP contribution in [-0.2, 0) is 11.3 Å². The van der Waals surface area contributed by atoms with Crippen LogP contribution in [0.2, 0.25) is 0 Å². The molecule has 2 aromatic rings. The van der Waals surface area contributed by atoms with Gasteiger partial charge in [-0.15, -0.1) is 0 Å². The second-order valence-corrected chi connectivity index (χ2v) is 5.28. The van der Waals surface area contributed by atoms with Gasteiger partial charge in [-0.05, 0) is 29.6 Å². The first-order valence-corrected chi connectivity index (χ1v) is 6.96. The summed E-state index contributed by atoms with van der Waals surface area (Å²) in [6.45, 7) is 0.436. The van der Waals surface area contributed by atoms with E-state index in [1.807, 2.05) is 18.2 Å². The topological polar surface area (TPSA) is 122 Å². The number of rotatable bonds is 5. The lowest BCUT2D eigenvalue weighted by Crippen LogP contribution is -1.92. The van der Waals surface area contributed by atoms with Gasteiger partial charge in [-0.2, -0.15) is 0 Å². The van der Waals surface area contributed by atoms with Crippen molar-refractivity contribution in [2.45, 2.75) is 11.5 Å². The van der Waals surface area contributed by atoms with Gasteiger partial charge in [0.25, 0.3) is 0 Å². The summed E-state index contributed by atoms with van der Waals surface area (Å²) in [4.78, 5) is 0.750. The van der Waals surface area contributed by atoms with E-state index in [0.29, 0.717) is 6.61 Å². The largest absolute Gasteiger partial charge is 0.503 e. The van der Waals surface area contributed by atoms with E-state index in [4.69, 9.17) is 4.74 Å². The summed E-state index contributed by atoms with van der Waals surface area (Å²) in [5.74, 6) is -4.38. The number of nitrogens with one attached hydrogen (secondary N) is 1. The van der Waals surface area contributed by atoms with Gasteiger partial charge in [0.05, 0.1) is 6.61 Å². The molecule has 0 aliphatic carbocycles. The number of methoxy groups -OCH3 is 1. The number of hydrogen-bond acceptors (Lipinski definition) is 8. The fourth-order valence-electron chi connectivity index (χ4n) is 1.76. The molecule has 2 aromatic carbocycles. The maximum Gasteiger partial charge on any atom is 0.208 e. The van der Waals surface area contributed by atoms with Gasteiger partial charge in [0.1, 0.15) is 5.69 Å². The highest BCUT2D eigenvalue weighted by molar-refractivity contribution is 8.00. The van der Waals surface area contributed by atoms with Crippen LogP contribution in [0, 0.1) is 0 Å². The zero-order valence-corrected chi connectivity index (χ0v) is 12.4. The first-order valence-electron chi connectivity index (χ1n) is 6.15. The third kappa shape index (κ3) is 3.07. The lowest BCUT2D eigenvalue weighted by Gasteiger charge is -2.13. The molecule has 0 fully saturated rings. The van der Waals surface area contributed by atoms with Gasteiger partial charge in [-0.25, -0.2) is 0 Å². The van der Waals surface area contributed by atoms with Crippen LogP contribution in [0.25, 0.3) is 0 Å². The Kier molecular flexibility index (Phi) is 4.74. The van der Waals surface area contributed by atoms with E-state index < -0.39 is 28.7 Å². The number of hydrogen-bond donors (Lipinski definition) is 6. The SMILES string of the molecule is COCc1cccc(SNc2c(O)c(O)c(O)c(O)c2O)c1. The van der Waals surface area contributed by atoms with Crippen molar-refractivity contribution < 1.29 is 30.3 Å². The highest BCUT2D eigenvalue weighted by Crippen LogP contribution is 2.54. The molecule has 0 amide bonds. The van der Waals surface area contributed by atoms with Gasteiger partial charge in [-0.3, -0.25) is 0 Å². The average Bonchev–Trinajstić information content (AvgIpc) is 2.52. The molecule has 0 saturated carbocycles. The van der Waals surface area contributed by atoms with E-state index in [0.717, 1.165) is 22.4 Å². The number of phenols is 5. The molecular formula is C14H15NO6S. The van der Waals surface area contributed by atoms with Crippen molar-refractivity contribution in [3.63, 3.8) is 0 Å². The zero-order chi connectivity index (χ0) is 16.3. The molecule has 0 spiro atoms. The average molecular weight is 325 g/mol. The third-order valence-corrected chi connectivity index (χ3v) is 3.65. The Labute approximate surface area is 130 Å². The van der Waals surface area contributed by atoms with Crippen molar-refractivity contribution in [1.29, 1.82) is 0 Å². The Bertz CT molecular complexity index is 662. The lowest BCUT2D eigenvalue weighted by atomic mass is 10.2. The van der Waals surface area contributed by atoms with Gasteiger partial charge in [0.15, 0.2) is 11.5 Å². The fraction of sp³-hybridized carbons (Fsp3) is 0.143. The van der Waals surface area contributed by atoms with Crippen molar-refractivity contribution >= 4 is 17.6 Å². The van der Waals surface area contributed by atoms with E-state index >= 15 is 0 Å². The van der Waals surface area contributed by atoms with Crippen LogP contribution in [0.15, 0.2) is 29.2 Å². The molecule has 0 aliphatic heterocycles. The van der Waals surface area contributed by atoms with Gasteiger partial charge >= 0.3 is 0 Å². The van der Waals surface area contributed by atoms with Crippen molar-refractivity contribution in [2.75, 3.05) is 11.8 Å². The molecule has 0 aromatic heterocycles. The predicted molar refractivity (Wildman–Crippen MR) is 81.4 cm³/mol. The van der Waals surface area contributed by atoms with Crippen LogP contribution < -0.4 is 4.72 Å². The molecule has 0 radical (unpaired) electrons. The fourth-order valence-corrected chi connectivity index (χ4v) is 2.53. The molecule has 2 rings (SSSR count). The highest BCUT2D eigenvalue weighted by atomic mass is 32.2. The maximum absolute atomic E-state index is 9.72. The van der Waals surface area contributed by atoms with Crippen LogP contribution in [0.4, 0.5) is 5.69 Å². The summed E-state index contributed by atoms with van der Waals surface area (Å²) in [6, 6.07) is 7.30. The Morgan fingerprint density at radius 2 is 1.55 bits per heavy atom. The molecular weight excluding hydrogens is 310 g/mol. The number of phenolic OH excluding ortho intramolecular Hbond substituents is 5. The number of ether oxygens (including phenoxy) is 1. The quantitative estimate of drug-likeness (QED) is 0.282. The minimum Gasteiger partial charge on any atom is -0.503 e. The summed E-state index contributed by atoms with van der Waals surface area (Å²) in [5, 5.41) is 47.7. The second-order valence-electron chi connectivity index (χ2n) is 4.40. The molecule has 22 heavy (non-hydrogen) atoms. The van der Waals surface area contributed by atoms with Crippen molar-refractivity contribution in [2.24, 2.45) is 0 Å². The number of anilines is 1. The molecule has 7 nitrogen and oxygen atoms in total. The molecule has 0 bridgehead atoms. The van der Waals surface area contributed by atoms with E-state index in [1.54, 1.807) is 13.2 Å². The zero-order valence-electron chi connectivity index (χ0n) is 11.6. The summed E-state index contributed by atoms with van der Waals surface area (Å²) in [5.41, 5.74) is 0.620. The van der Waals surface area contributed by atoms with Crippen LogP contribution in [-0.4, -0.2) is 32.6 Å². The molecule has 8 heteroatoms. The van der Waals surface area contributed by atoms with E-state index in [1.165, 1.54) is 0 Å². The Hall–Kier alpha value is -2.45. The molecule has 0 heterocycles. The van der Waals surface area contributed by atoms with Crippen LogP contribution >= 0.6 is 11.9 Å². The van der Waals surface area contributed by atoms with Crippen LogP contribution in [0.1, 0.15) is 5.56 Å². The first-order chi connectivity index (χ1) is 10.5. The highest BCUT2D eigenvalue weighted by Gasteiger charge is 2.23. The first kappa shape index (κ1) is 15.9. The summed E-state index contributed by atoms with van der Waals surface area (Å²) < 4.78 is 7.65. The molecule has 118 valence electrons. The smallest absolute Gasteiger partial charge is 0.208 e. The lowest BCUT2D eigenvalue weighted by molar-refractivity contribution is 0.184. The maximum atomic E-state index is 9.72. The Morgan fingerprint density at radius 1 is 0.955 bits per heavy atom. The normalized spacial score (nSPS) is 10.6. The summed E-state index contributed by atoms with van der Waals surface area (Å²) in [7, 11) is 1.58. The van der Waals surface area contributed by atoms with Crippen molar-refractivity contribution in [1.82, 2.24) is 0 Å². The third-order valence-electron chi connectivity index (χ3n) is 2.85. The second kappa shape index (κ2) is 6.54. The van der Waals surface area contributed by atoms with Gasteiger partial charge in [-0.1, -0.05) is 12.1 Å². The molecule has 0 aliphatic rings. The number of aromatic hydroxyl groups is 5. The summed E-state index contributed by atoms with van der Waals surface area (Å²) in [6.07, 6.45) is 0. The monoisotopic (exact) mass is 325 g/mol. The van der Waals surface area contributed by atoms with Crippen molar-refractivity contribution in [3.8, 4) is 28.7 Å². The van der Waals surface area contributed by atoms with E-state index in [-0.39, 0.29) is 5.69 Å². The van der Waals surface area contributed by atoms with Gasteiger partial charge < -0.3 is 35.0 Å². The van der Waals surface area contributed by atoms with Crippen LogP contribution in [0.5, 0.6) is 28.7 Å². The minimum absolute atomic E-state index is 0.310. The molecule has 0 atom stereocenters. The van der Waals surface area contributed by atoms with Crippen LogP contribution in [0.3, 0.4) is 0 Å².